The normalized spacial score (nSPS) is 12.5. The van der Waals surface area contributed by atoms with E-state index in [2.05, 4.69) is 111 Å². The van der Waals surface area contributed by atoms with Gasteiger partial charge in [0.1, 0.15) is 0 Å². The van der Waals surface area contributed by atoms with Crippen LogP contribution in [-0.2, 0) is 57.5 Å². The van der Waals surface area contributed by atoms with Crippen LogP contribution in [0.15, 0.2) is 70.6 Å². The second kappa shape index (κ2) is 39.6. The largest absolute Gasteiger partial charge is 0.358 e. The Balaban J connectivity index is -0.000000473. The fraction of sp³-hybridized carbons (Fsp3) is 0.594. The molecule has 0 unspecified atom stereocenters. The summed E-state index contributed by atoms with van der Waals surface area (Å²) in [6, 6.07) is 20.5. The van der Waals surface area contributed by atoms with Crippen molar-refractivity contribution < 1.29 is 57.5 Å². The Hall–Kier alpha value is -8.18. The molecule has 2 aliphatic heterocycles. The molecule has 0 atom stereocenters. The molecular weight excluding hydrogens is 1130 g/mol. The molecule has 2 fully saturated rings. The van der Waals surface area contributed by atoms with Crippen LogP contribution in [0, 0.1) is 34.5 Å². The van der Waals surface area contributed by atoms with Gasteiger partial charge >= 0.3 is 0 Å². The van der Waals surface area contributed by atoms with Crippen LogP contribution < -0.4 is 21.3 Å². The fourth-order valence-electron chi connectivity index (χ4n) is 6.47. The average Bonchev–Trinajstić information content (AvgIpc) is 3.40. The number of nitrogens with one attached hydrogen (secondary N) is 4. The van der Waals surface area contributed by atoms with E-state index in [1.807, 2.05) is 57.3 Å². The maximum atomic E-state index is 11.6. The molecule has 0 bridgehead atoms. The van der Waals surface area contributed by atoms with Crippen LogP contribution in [0.25, 0.3) is 0 Å². The Labute approximate surface area is 525 Å². The summed E-state index contributed by atoms with van der Waals surface area (Å²) in [5.74, 6) is -10.8. The second-order valence-electron chi connectivity index (χ2n) is 26.0. The number of benzene rings is 2. The van der Waals surface area contributed by atoms with Gasteiger partial charge in [0.2, 0.25) is 47.3 Å². The van der Waals surface area contributed by atoms with Crippen molar-refractivity contribution in [2.24, 2.45) is 44.5 Å². The average molecular weight is 1240 g/mol. The summed E-state index contributed by atoms with van der Waals surface area (Å²) in [5, 5.41) is 9.08. The molecule has 24 heteroatoms. The number of aliphatic imine (C=N–C) groups is 2. The number of nitrogens with zero attached hydrogens (tertiary/aromatic N) is 8. The molecule has 4 N–H and O–H groups in total. The van der Waals surface area contributed by atoms with Crippen LogP contribution in [0.2, 0.25) is 0 Å². The van der Waals surface area contributed by atoms with Crippen molar-refractivity contribution >= 4 is 82.3 Å². The fourth-order valence-corrected chi connectivity index (χ4v) is 6.47. The van der Waals surface area contributed by atoms with Gasteiger partial charge in [0, 0.05) is 127 Å². The summed E-state index contributed by atoms with van der Waals surface area (Å²) < 4.78 is 0. The van der Waals surface area contributed by atoms with Crippen molar-refractivity contribution in [2.45, 2.75) is 122 Å². The predicted molar refractivity (Wildman–Crippen MR) is 348 cm³/mol. The standard InChI is InChI=1S/C14H13N.2C10H16N2O3.2C8H15N3O3.2C5H12.C4H9N/c1-15-14(12-8-4-2-5-9-12)13-10-6-3-7-11-13;2*1-10(2,3)12-8(14)6(9(12)15)7(13)11(4)5;2*1-9-6(12)5(7(13)10-2)8(14)11(3)4;2*1-5(2,3)4;1-4(2)5-3/h2-11H,1H3;2*6H,1-5H3;2*5H,1-4H3,(H,9,12)(H,10,13);2*1-4H3;1-3H3. The zero-order valence-electron chi connectivity index (χ0n) is 58.6. The van der Waals surface area contributed by atoms with Crippen molar-refractivity contribution in [1.29, 1.82) is 0 Å². The van der Waals surface area contributed by atoms with E-state index < -0.39 is 106 Å². The lowest BCUT2D eigenvalue weighted by molar-refractivity contribution is -0.178. The minimum Gasteiger partial charge on any atom is -0.358 e. The van der Waals surface area contributed by atoms with E-state index in [4.69, 9.17) is 0 Å². The molecule has 88 heavy (non-hydrogen) atoms. The molecule has 2 aliphatic rings. The molecule has 0 spiro atoms. The number of hydrogen-bond donors (Lipinski definition) is 4. The monoisotopic (exact) mass is 1240 g/mol. The van der Waals surface area contributed by atoms with Crippen LogP contribution in [0.4, 0.5) is 0 Å². The van der Waals surface area contributed by atoms with Crippen LogP contribution in [0.1, 0.15) is 122 Å². The second-order valence-corrected chi connectivity index (χ2v) is 26.0. The third kappa shape index (κ3) is 32.0. The van der Waals surface area contributed by atoms with E-state index in [0.29, 0.717) is 10.8 Å². The number of hydrogen-bond acceptors (Lipinski definition) is 14. The quantitative estimate of drug-likeness (QED) is 0.146. The van der Waals surface area contributed by atoms with Gasteiger partial charge in [0.25, 0.3) is 23.6 Å². The predicted octanol–water partition coefficient (Wildman–Crippen LogP) is 4.44. The summed E-state index contributed by atoms with van der Waals surface area (Å²) in [6.07, 6.45) is 0. The molecule has 0 radical (unpaired) electrons. The highest BCUT2D eigenvalue weighted by Gasteiger charge is 2.56. The molecule has 496 valence electrons. The van der Waals surface area contributed by atoms with Gasteiger partial charge in [-0.05, 0) is 66.2 Å². The molecule has 2 aromatic rings. The molecule has 2 aromatic carbocycles. The Kier molecular flexibility index (Phi) is 38.8. The van der Waals surface area contributed by atoms with Crippen LogP contribution in [0.3, 0.4) is 0 Å². The summed E-state index contributed by atoms with van der Waals surface area (Å²) >= 11 is 0. The first-order valence-corrected chi connectivity index (χ1v) is 28.4. The van der Waals surface area contributed by atoms with Gasteiger partial charge < -0.3 is 40.9 Å². The van der Waals surface area contributed by atoms with Crippen molar-refractivity contribution in [2.75, 3.05) is 98.7 Å². The zero-order valence-corrected chi connectivity index (χ0v) is 58.6. The number of likely N-dealkylation sites (tertiary alicyclic amines) is 2. The highest BCUT2D eigenvalue weighted by atomic mass is 16.2. The summed E-state index contributed by atoms with van der Waals surface area (Å²) in [7, 11) is 21.2. The van der Waals surface area contributed by atoms with Gasteiger partial charge in [-0.2, -0.15) is 0 Å². The smallest absolute Gasteiger partial charge is 0.251 e. The number of amides is 12. The highest BCUT2D eigenvalue weighted by molar-refractivity contribution is 6.30. The zero-order chi connectivity index (χ0) is 70.3. The molecule has 4 rings (SSSR count). The first-order chi connectivity index (χ1) is 39.9. The Morgan fingerprint density at radius 3 is 0.750 bits per heavy atom. The molecular formula is C64H108N12O12. The topological polar surface area (TPSA) is 297 Å². The third-order valence-corrected chi connectivity index (χ3v) is 10.8. The minimum atomic E-state index is -1.31. The maximum Gasteiger partial charge on any atom is 0.251 e. The lowest BCUT2D eigenvalue weighted by atomic mass is 9.89. The number of carbonyl (C=O) groups is 12. The van der Waals surface area contributed by atoms with Crippen molar-refractivity contribution in [3.8, 4) is 0 Å². The van der Waals surface area contributed by atoms with Gasteiger partial charge in [0.15, 0.2) is 23.7 Å². The van der Waals surface area contributed by atoms with Crippen LogP contribution in [-0.4, -0.2) is 221 Å². The van der Waals surface area contributed by atoms with E-state index >= 15 is 0 Å². The van der Waals surface area contributed by atoms with Crippen LogP contribution in [0.5, 0.6) is 0 Å². The van der Waals surface area contributed by atoms with Crippen molar-refractivity contribution in [1.82, 2.24) is 50.7 Å². The van der Waals surface area contributed by atoms with Gasteiger partial charge in [-0.1, -0.05) is 116 Å². The SMILES string of the molecule is CC(C)(C)C.CC(C)(C)C.CN(C)C(=O)C1C(=O)N(C(C)(C)C)C1=O.CN(C)C(=O)C1C(=O)N(C(C)(C)C)C1=O.CN=C(C)C.CN=C(c1ccccc1)c1ccccc1.CNC(=O)C(C(=O)NC)C(=O)N(C)C.CNC(=O)C(C(=O)NC)C(=O)N(C)C. The molecule has 0 aliphatic carbocycles. The number of carbonyl (C=O) groups excluding carboxylic acids is 12. The third-order valence-electron chi connectivity index (χ3n) is 10.8. The Bertz CT molecular complexity index is 2440. The van der Waals surface area contributed by atoms with Crippen molar-refractivity contribution in [3.05, 3.63) is 71.8 Å². The van der Waals surface area contributed by atoms with E-state index in [-0.39, 0.29) is 0 Å². The van der Waals surface area contributed by atoms with Gasteiger partial charge in [-0.15, -0.1) is 0 Å². The summed E-state index contributed by atoms with van der Waals surface area (Å²) in [5.41, 5.74) is 4.40. The van der Waals surface area contributed by atoms with Gasteiger partial charge in [-0.3, -0.25) is 77.3 Å². The first-order valence-electron chi connectivity index (χ1n) is 28.4. The Morgan fingerprint density at radius 2 is 0.614 bits per heavy atom. The number of imide groups is 2. The van der Waals surface area contributed by atoms with E-state index in [1.54, 1.807) is 48.6 Å². The number of rotatable bonds is 10. The molecule has 2 saturated heterocycles. The lowest BCUT2D eigenvalue weighted by Crippen LogP contribution is -2.67. The van der Waals surface area contributed by atoms with Crippen molar-refractivity contribution in [3.63, 3.8) is 0 Å². The lowest BCUT2D eigenvalue weighted by Gasteiger charge is -2.44. The molecule has 12 amide bonds. The first kappa shape index (κ1) is 86.3. The van der Waals surface area contributed by atoms with E-state index in [1.165, 1.54) is 104 Å². The summed E-state index contributed by atoms with van der Waals surface area (Å²) in [4.78, 5) is 153. The van der Waals surface area contributed by atoms with Gasteiger partial charge in [-0.25, -0.2) is 0 Å². The highest BCUT2D eigenvalue weighted by Crippen LogP contribution is 2.30. The molecule has 2 heterocycles. The van der Waals surface area contributed by atoms with Crippen LogP contribution >= 0.6 is 0 Å². The number of β-lactam (4-membered cyclic amide) rings is 4. The van der Waals surface area contributed by atoms with Gasteiger partial charge in [0.05, 0.1) is 5.71 Å². The molecule has 0 aromatic heterocycles. The van der Waals surface area contributed by atoms with E-state index in [0.717, 1.165) is 32.4 Å². The Morgan fingerprint density at radius 1 is 0.409 bits per heavy atom. The molecule has 24 nitrogen and oxygen atoms in total. The van der Waals surface area contributed by atoms with E-state index in [9.17, 15) is 57.5 Å². The maximum absolute atomic E-state index is 11.6. The minimum absolute atomic E-state index is 0.397. The summed E-state index contributed by atoms with van der Waals surface area (Å²) in [6.45, 7) is 32.0. The molecule has 0 saturated carbocycles.